The lowest BCUT2D eigenvalue weighted by Gasteiger charge is -2.03. The van der Waals surface area contributed by atoms with Crippen molar-refractivity contribution in [2.75, 3.05) is 0 Å². The second-order valence-electron chi connectivity index (χ2n) is 4.28. The van der Waals surface area contributed by atoms with Crippen molar-refractivity contribution in [3.05, 3.63) is 40.5 Å². The molecule has 3 heterocycles. The maximum Gasteiger partial charge on any atom is 0.358 e. The number of aromatic nitrogens is 5. The van der Waals surface area contributed by atoms with Gasteiger partial charge in [0.25, 0.3) is 0 Å². The van der Waals surface area contributed by atoms with Gasteiger partial charge in [0.1, 0.15) is 5.69 Å². The zero-order valence-corrected chi connectivity index (χ0v) is 11.4. The summed E-state index contributed by atoms with van der Waals surface area (Å²) in [6.07, 6.45) is 3.35. The van der Waals surface area contributed by atoms with Gasteiger partial charge in [-0.2, -0.15) is 16.4 Å². The lowest BCUT2D eigenvalue weighted by molar-refractivity contribution is 0.0691. The summed E-state index contributed by atoms with van der Waals surface area (Å²) in [6, 6.07) is 1.97. The topological polar surface area (TPSA) is 85.8 Å². The van der Waals surface area contributed by atoms with Crippen molar-refractivity contribution >= 4 is 17.3 Å². The van der Waals surface area contributed by atoms with E-state index in [-0.39, 0.29) is 5.69 Å². The molecule has 1 N–H and O–H groups in total. The van der Waals surface area contributed by atoms with Crippen LogP contribution in [0.2, 0.25) is 0 Å². The van der Waals surface area contributed by atoms with Gasteiger partial charge in [-0.3, -0.25) is 4.68 Å². The highest BCUT2D eigenvalue weighted by Gasteiger charge is 2.21. The highest BCUT2D eigenvalue weighted by atomic mass is 32.1. The first kappa shape index (κ1) is 12.5. The van der Waals surface area contributed by atoms with Crippen LogP contribution in [0.15, 0.2) is 29.2 Å². The Morgan fingerprint density at radius 2 is 2.35 bits per heavy atom. The van der Waals surface area contributed by atoms with Gasteiger partial charge < -0.3 is 5.11 Å². The number of thiophene rings is 1. The highest BCUT2D eigenvalue weighted by Crippen LogP contribution is 2.23. The third-order valence-corrected chi connectivity index (χ3v) is 3.56. The number of hydrogen-bond acceptors (Lipinski definition) is 5. The van der Waals surface area contributed by atoms with Crippen molar-refractivity contribution < 1.29 is 9.90 Å². The molecule has 0 aromatic carbocycles. The van der Waals surface area contributed by atoms with E-state index in [2.05, 4.69) is 15.4 Å². The van der Waals surface area contributed by atoms with E-state index in [1.807, 2.05) is 16.8 Å². The van der Waals surface area contributed by atoms with Crippen LogP contribution in [0, 0.1) is 0 Å². The quantitative estimate of drug-likeness (QED) is 0.786. The van der Waals surface area contributed by atoms with Crippen LogP contribution in [-0.4, -0.2) is 35.9 Å². The summed E-state index contributed by atoms with van der Waals surface area (Å²) >= 11 is 1.58. The standard InChI is InChI=1S/C12H11N5O2S/c1-16-6-9(4-13-16)11-10(12(18)19)14-15-17(11)5-8-2-3-20-7-8/h2-4,6-7H,5H2,1H3,(H,18,19). The molecule has 7 nitrogen and oxygen atoms in total. The maximum atomic E-state index is 11.3. The van der Waals surface area contributed by atoms with Crippen LogP contribution in [0.1, 0.15) is 16.1 Å². The van der Waals surface area contributed by atoms with Crippen molar-refractivity contribution in [3.63, 3.8) is 0 Å². The lowest BCUT2D eigenvalue weighted by atomic mass is 10.2. The van der Waals surface area contributed by atoms with Gasteiger partial charge in [0.15, 0.2) is 5.69 Å². The molecule has 0 spiro atoms. The molecule has 0 aliphatic heterocycles. The third-order valence-electron chi connectivity index (χ3n) is 2.83. The maximum absolute atomic E-state index is 11.3. The zero-order chi connectivity index (χ0) is 14.1. The monoisotopic (exact) mass is 289 g/mol. The Bertz CT molecular complexity index is 744. The van der Waals surface area contributed by atoms with Crippen LogP contribution in [0.4, 0.5) is 0 Å². The van der Waals surface area contributed by atoms with Gasteiger partial charge in [0.05, 0.1) is 12.7 Å². The largest absolute Gasteiger partial charge is 0.476 e. The van der Waals surface area contributed by atoms with Gasteiger partial charge in [-0.05, 0) is 22.4 Å². The lowest BCUT2D eigenvalue weighted by Crippen LogP contribution is -2.05. The van der Waals surface area contributed by atoms with Gasteiger partial charge in [-0.25, -0.2) is 9.48 Å². The first-order valence-corrected chi connectivity index (χ1v) is 6.76. The fraction of sp³-hybridized carbons (Fsp3) is 0.167. The fourth-order valence-corrected chi connectivity index (χ4v) is 2.61. The minimum absolute atomic E-state index is 0.0618. The predicted molar refractivity (Wildman–Crippen MR) is 72.6 cm³/mol. The number of aryl methyl sites for hydroxylation is 1. The predicted octanol–water partition coefficient (Wildman–Crippen LogP) is 1.49. The van der Waals surface area contributed by atoms with Gasteiger partial charge in [0, 0.05) is 18.8 Å². The highest BCUT2D eigenvalue weighted by molar-refractivity contribution is 7.07. The molecule has 0 saturated carbocycles. The minimum atomic E-state index is -1.10. The van der Waals surface area contributed by atoms with Crippen molar-refractivity contribution in [1.82, 2.24) is 24.8 Å². The number of aromatic carboxylic acids is 1. The Morgan fingerprint density at radius 3 is 2.95 bits per heavy atom. The van der Waals surface area contributed by atoms with E-state index >= 15 is 0 Å². The SMILES string of the molecule is Cn1cc(-c2c(C(=O)O)nnn2Cc2ccsc2)cn1. The molecular weight excluding hydrogens is 278 g/mol. The second-order valence-corrected chi connectivity index (χ2v) is 5.06. The Morgan fingerprint density at radius 1 is 1.50 bits per heavy atom. The summed E-state index contributed by atoms with van der Waals surface area (Å²) in [5, 5.41) is 25.0. The normalized spacial score (nSPS) is 10.8. The Kier molecular flexibility index (Phi) is 3.07. The summed E-state index contributed by atoms with van der Waals surface area (Å²) in [5.41, 5.74) is 2.15. The average molecular weight is 289 g/mol. The molecule has 0 aliphatic carbocycles. The van der Waals surface area contributed by atoms with Crippen LogP contribution < -0.4 is 0 Å². The van der Waals surface area contributed by atoms with Crippen LogP contribution in [0.5, 0.6) is 0 Å². The molecule has 0 atom stereocenters. The molecule has 102 valence electrons. The molecular formula is C12H11N5O2S. The first-order chi connectivity index (χ1) is 9.65. The molecule has 0 amide bonds. The van der Waals surface area contributed by atoms with E-state index < -0.39 is 5.97 Å². The van der Waals surface area contributed by atoms with Gasteiger partial charge >= 0.3 is 5.97 Å². The van der Waals surface area contributed by atoms with E-state index in [0.29, 0.717) is 17.8 Å². The third kappa shape index (κ3) is 2.21. The molecule has 0 saturated heterocycles. The van der Waals surface area contributed by atoms with Crippen LogP contribution in [-0.2, 0) is 13.6 Å². The molecule has 3 aromatic heterocycles. The summed E-state index contributed by atoms with van der Waals surface area (Å²) < 4.78 is 3.20. The van der Waals surface area contributed by atoms with Crippen LogP contribution in [0.25, 0.3) is 11.3 Å². The van der Waals surface area contributed by atoms with Crippen LogP contribution in [0.3, 0.4) is 0 Å². The fourth-order valence-electron chi connectivity index (χ4n) is 1.95. The molecule has 0 bridgehead atoms. The Balaban J connectivity index is 2.08. The number of hydrogen-bond donors (Lipinski definition) is 1. The van der Waals surface area contributed by atoms with Gasteiger partial charge in [0.2, 0.25) is 0 Å². The van der Waals surface area contributed by atoms with E-state index in [4.69, 9.17) is 0 Å². The molecule has 3 aromatic rings. The second kappa shape index (κ2) is 4.89. The van der Waals surface area contributed by atoms with Gasteiger partial charge in [-0.15, -0.1) is 5.10 Å². The summed E-state index contributed by atoms with van der Waals surface area (Å²) in [6.45, 7) is 0.480. The molecule has 0 aliphatic rings. The molecule has 20 heavy (non-hydrogen) atoms. The Hall–Kier alpha value is -2.48. The van der Waals surface area contributed by atoms with E-state index in [1.165, 1.54) is 0 Å². The molecule has 0 unspecified atom stereocenters. The van der Waals surface area contributed by atoms with Crippen LogP contribution >= 0.6 is 11.3 Å². The number of carboxylic acid groups (broad SMARTS) is 1. The molecule has 0 fully saturated rings. The molecule has 3 rings (SSSR count). The van der Waals surface area contributed by atoms with Crippen molar-refractivity contribution in [1.29, 1.82) is 0 Å². The van der Waals surface area contributed by atoms with Gasteiger partial charge in [-0.1, -0.05) is 5.21 Å². The summed E-state index contributed by atoms with van der Waals surface area (Å²) in [4.78, 5) is 11.3. The van der Waals surface area contributed by atoms with E-state index in [0.717, 1.165) is 5.56 Å². The smallest absolute Gasteiger partial charge is 0.358 e. The van der Waals surface area contributed by atoms with E-state index in [1.54, 1.807) is 40.1 Å². The number of carbonyl (C=O) groups is 1. The van der Waals surface area contributed by atoms with Crippen molar-refractivity contribution in [2.45, 2.75) is 6.54 Å². The number of rotatable bonds is 4. The van der Waals surface area contributed by atoms with E-state index in [9.17, 15) is 9.90 Å². The summed E-state index contributed by atoms with van der Waals surface area (Å²) in [5.74, 6) is -1.10. The number of nitrogens with zero attached hydrogens (tertiary/aromatic N) is 5. The number of carboxylic acids is 1. The van der Waals surface area contributed by atoms with Crippen molar-refractivity contribution in [3.8, 4) is 11.3 Å². The van der Waals surface area contributed by atoms with Crippen molar-refractivity contribution in [2.24, 2.45) is 7.05 Å². The zero-order valence-electron chi connectivity index (χ0n) is 10.6. The Labute approximate surface area is 118 Å². The average Bonchev–Trinajstić information content (AvgIpc) is 3.09. The first-order valence-electron chi connectivity index (χ1n) is 5.82. The molecule has 8 heteroatoms. The molecule has 0 radical (unpaired) electrons. The summed E-state index contributed by atoms with van der Waals surface area (Å²) in [7, 11) is 1.77. The minimum Gasteiger partial charge on any atom is -0.476 e.